The smallest absolute Gasteiger partial charge is 1.00 e. The van der Waals surface area contributed by atoms with Gasteiger partial charge >= 0.3 is 38.6 Å². The van der Waals surface area contributed by atoms with Gasteiger partial charge in [0.05, 0.1) is 0 Å². The molecule has 0 aromatic carbocycles. The molecule has 0 fully saturated rings. The van der Waals surface area contributed by atoms with Crippen molar-refractivity contribution in [2.45, 2.75) is 0 Å². The van der Waals surface area contributed by atoms with Crippen molar-refractivity contribution in [3.05, 3.63) is 0 Å². The molecule has 40 valence electrons. The second-order valence-corrected chi connectivity index (χ2v) is 1.80. The van der Waals surface area contributed by atoms with Gasteiger partial charge in [-0.15, -0.1) is 0 Å². The summed E-state index contributed by atoms with van der Waals surface area (Å²) in [5.41, 5.74) is 0. The predicted octanol–water partition coefficient (Wildman–Crippen LogP) is -5.49. The van der Waals surface area contributed by atoms with Crippen LogP contribution in [0.15, 0.2) is 0 Å². The SMILES string of the molecule is O[Si](O)(O)O.[Cr].[H-].[Na+]. The van der Waals surface area contributed by atoms with Gasteiger partial charge in [0.1, 0.15) is 0 Å². The zero-order chi connectivity index (χ0) is 4.50. The van der Waals surface area contributed by atoms with Gasteiger partial charge in [-0.25, -0.2) is 0 Å². The van der Waals surface area contributed by atoms with Crippen molar-refractivity contribution in [1.82, 2.24) is 0 Å². The van der Waals surface area contributed by atoms with Crippen LogP contribution in [0.3, 0.4) is 0 Å². The van der Waals surface area contributed by atoms with Gasteiger partial charge in [0.15, 0.2) is 0 Å². The maximum absolute atomic E-state index is 7.33. The molecule has 0 atom stereocenters. The normalized spacial score (nSPS) is 8.57. The van der Waals surface area contributed by atoms with Gasteiger partial charge in [0.2, 0.25) is 0 Å². The van der Waals surface area contributed by atoms with Crippen LogP contribution in [-0.4, -0.2) is 28.2 Å². The summed E-state index contributed by atoms with van der Waals surface area (Å²) in [6.45, 7) is 0. The summed E-state index contributed by atoms with van der Waals surface area (Å²) in [6.07, 6.45) is 0. The molecule has 0 spiro atoms. The third-order valence-electron chi connectivity index (χ3n) is 0. The van der Waals surface area contributed by atoms with Gasteiger partial charge in [-0.2, -0.15) is 0 Å². The van der Waals surface area contributed by atoms with Crippen molar-refractivity contribution in [3.8, 4) is 0 Å². The van der Waals surface area contributed by atoms with E-state index in [0.29, 0.717) is 0 Å². The van der Waals surface area contributed by atoms with E-state index in [1.54, 1.807) is 0 Å². The van der Waals surface area contributed by atoms with E-state index in [9.17, 15) is 0 Å². The van der Waals surface area contributed by atoms with Crippen molar-refractivity contribution in [1.29, 1.82) is 0 Å². The summed E-state index contributed by atoms with van der Waals surface area (Å²) in [5, 5.41) is 0. The van der Waals surface area contributed by atoms with Crippen LogP contribution in [0.5, 0.6) is 0 Å². The Morgan fingerprint density at radius 2 is 1.00 bits per heavy atom. The zero-order valence-corrected chi connectivity index (χ0v) is 7.97. The molecule has 4 N–H and O–H groups in total. The average molecular weight is 172 g/mol. The first-order valence-electron chi connectivity index (χ1n) is 0.894. The number of rotatable bonds is 0. The molecule has 0 saturated heterocycles. The molecule has 0 aliphatic rings. The minimum Gasteiger partial charge on any atom is -1.00 e. The average Bonchev–Trinajstić information content (AvgIpc) is 0.722. The summed E-state index contributed by atoms with van der Waals surface area (Å²) in [4.78, 5) is 29.3. The molecule has 0 rings (SSSR count). The summed E-state index contributed by atoms with van der Waals surface area (Å²) >= 11 is 0. The Morgan fingerprint density at radius 1 is 1.00 bits per heavy atom. The second kappa shape index (κ2) is 5.72. The Morgan fingerprint density at radius 3 is 1.00 bits per heavy atom. The minimum atomic E-state index is -4.61. The van der Waals surface area contributed by atoms with Gasteiger partial charge in [-0.05, 0) is 0 Å². The third kappa shape index (κ3) is 93.9. The number of hydrogen-bond donors (Lipinski definition) is 4. The molecule has 0 saturated carbocycles. The van der Waals surface area contributed by atoms with Gasteiger partial charge in [-0.1, -0.05) is 0 Å². The van der Waals surface area contributed by atoms with Gasteiger partial charge in [0.25, 0.3) is 0 Å². The Balaban J connectivity index is -0.0000000267. The molecule has 0 aliphatic carbocycles. The first-order valence-corrected chi connectivity index (χ1v) is 2.68. The van der Waals surface area contributed by atoms with Gasteiger partial charge in [0, 0.05) is 17.4 Å². The molecule has 0 heterocycles. The summed E-state index contributed by atoms with van der Waals surface area (Å²) < 4.78 is 0. The Labute approximate surface area is 76.2 Å². The molecule has 0 amide bonds. The van der Waals surface area contributed by atoms with Crippen LogP contribution < -0.4 is 29.6 Å². The zero-order valence-electron chi connectivity index (χ0n) is 4.70. The Bertz CT molecular complexity index is 31.5. The van der Waals surface area contributed by atoms with Crippen LogP contribution in [0.4, 0.5) is 0 Å². The summed E-state index contributed by atoms with van der Waals surface area (Å²) in [5.74, 6) is 0. The fourth-order valence-electron chi connectivity index (χ4n) is 0. The van der Waals surface area contributed by atoms with E-state index < -0.39 is 9.05 Å². The second-order valence-electron chi connectivity index (χ2n) is 0.600. The monoisotopic (exact) mass is 172 g/mol. The van der Waals surface area contributed by atoms with E-state index in [4.69, 9.17) is 19.2 Å². The molecule has 7 heteroatoms. The predicted molar refractivity (Wildman–Crippen MR) is 15.7 cm³/mol. The van der Waals surface area contributed by atoms with E-state index >= 15 is 0 Å². The molecule has 0 bridgehead atoms. The van der Waals surface area contributed by atoms with Crippen LogP contribution in [0.1, 0.15) is 1.43 Å². The maximum atomic E-state index is 7.33. The molecular formula is H5CrNaO4Si. The maximum Gasteiger partial charge on any atom is 1.00 e. The fraction of sp³-hybridized carbons (Fsp3) is 0. The summed E-state index contributed by atoms with van der Waals surface area (Å²) in [7, 11) is -4.61. The topological polar surface area (TPSA) is 80.9 Å². The van der Waals surface area contributed by atoms with E-state index in [1.807, 2.05) is 0 Å². The van der Waals surface area contributed by atoms with E-state index in [0.717, 1.165) is 0 Å². The first kappa shape index (κ1) is 15.8. The van der Waals surface area contributed by atoms with Crippen LogP contribution in [0, 0.1) is 0 Å². The number of hydrogen-bond acceptors (Lipinski definition) is 4. The third-order valence-corrected chi connectivity index (χ3v) is 0. The minimum absolute atomic E-state index is 0. The van der Waals surface area contributed by atoms with Crippen molar-refractivity contribution < 1.29 is 67.5 Å². The van der Waals surface area contributed by atoms with Gasteiger partial charge in [-0.3, -0.25) is 0 Å². The molecule has 0 aliphatic heterocycles. The first-order chi connectivity index (χ1) is 2.00. The molecular weight excluding hydrogens is 167 g/mol. The van der Waals surface area contributed by atoms with E-state index in [1.165, 1.54) is 0 Å². The molecule has 0 aromatic heterocycles. The van der Waals surface area contributed by atoms with Crippen molar-refractivity contribution in [2.24, 2.45) is 0 Å². The van der Waals surface area contributed by atoms with Crippen molar-refractivity contribution in [2.75, 3.05) is 0 Å². The van der Waals surface area contributed by atoms with Crippen LogP contribution in [0.25, 0.3) is 0 Å². The van der Waals surface area contributed by atoms with Crippen LogP contribution in [-0.2, 0) is 17.4 Å². The molecule has 0 radical (unpaired) electrons. The van der Waals surface area contributed by atoms with Crippen LogP contribution >= 0.6 is 0 Å². The Kier molecular flexibility index (Phi) is 12.9. The van der Waals surface area contributed by atoms with E-state index in [2.05, 4.69) is 0 Å². The van der Waals surface area contributed by atoms with Gasteiger partial charge < -0.3 is 20.6 Å². The quantitative estimate of drug-likeness (QED) is 0.275. The van der Waals surface area contributed by atoms with Crippen LogP contribution in [0.2, 0.25) is 0 Å². The summed E-state index contributed by atoms with van der Waals surface area (Å²) in [6, 6.07) is 0. The fourth-order valence-corrected chi connectivity index (χ4v) is 0. The standard InChI is InChI=1S/Cr.Na.H4O4Si.H/c;;1-5(2,3)4;/h;;1-4H;/q;+1;;-1. The largest absolute Gasteiger partial charge is 1.00 e. The molecule has 0 unspecified atom stereocenters. The van der Waals surface area contributed by atoms with Crippen molar-refractivity contribution >= 4 is 9.05 Å². The molecule has 4 nitrogen and oxygen atoms in total. The van der Waals surface area contributed by atoms with Crippen molar-refractivity contribution in [3.63, 3.8) is 0 Å². The molecule has 0 aromatic rings. The van der Waals surface area contributed by atoms with E-state index in [-0.39, 0.29) is 48.3 Å². The molecule has 7 heavy (non-hydrogen) atoms. The Hall–Kier alpha value is 1.59.